The SMILES string of the molecule is CCOc1cc(C=C2C(=N)N3C(c4ccccc4)=CSC3=NC2=O)cc(Cl)c1OCCCOc1ccccc1. The van der Waals surface area contributed by atoms with E-state index < -0.39 is 5.91 Å². The average Bonchev–Trinajstić information content (AvgIpc) is 3.37. The third-order valence-corrected chi connectivity index (χ3v) is 6.98. The van der Waals surface area contributed by atoms with Crippen LogP contribution in [0.5, 0.6) is 17.2 Å². The third kappa shape index (κ3) is 6.02. The molecule has 1 amide bonds. The van der Waals surface area contributed by atoms with Gasteiger partial charge in [-0.05, 0) is 48.4 Å². The second-order valence-electron chi connectivity index (χ2n) is 8.56. The Balaban J connectivity index is 1.33. The minimum Gasteiger partial charge on any atom is -0.493 e. The first-order valence-corrected chi connectivity index (χ1v) is 13.7. The molecule has 0 aromatic heterocycles. The molecule has 7 nitrogen and oxygen atoms in total. The second kappa shape index (κ2) is 12.2. The van der Waals surface area contributed by atoms with Gasteiger partial charge in [-0.2, -0.15) is 4.99 Å². The molecule has 0 saturated heterocycles. The molecule has 0 fully saturated rings. The molecule has 2 aliphatic heterocycles. The molecule has 3 aromatic rings. The number of nitrogens with zero attached hydrogens (tertiary/aromatic N) is 2. The fourth-order valence-corrected chi connectivity index (χ4v) is 5.26. The fraction of sp³-hybridized carbons (Fsp3) is 0.167. The highest BCUT2D eigenvalue weighted by atomic mass is 35.5. The highest BCUT2D eigenvalue weighted by molar-refractivity contribution is 8.17. The zero-order chi connectivity index (χ0) is 27.2. The van der Waals surface area contributed by atoms with Crippen LogP contribution in [0.25, 0.3) is 11.8 Å². The monoisotopic (exact) mass is 559 g/mol. The fourth-order valence-electron chi connectivity index (χ4n) is 4.10. The van der Waals surface area contributed by atoms with Crippen LogP contribution in [0, 0.1) is 5.41 Å². The zero-order valence-corrected chi connectivity index (χ0v) is 22.8. The Morgan fingerprint density at radius 3 is 2.46 bits per heavy atom. The van der Waals surface area contributed by atoms with Crippen molar-refractivity contribution in [3.05, 3.63) is 99.9 Å². The number of amidine groups is 2. The number of ether oxygens (including phenoxy) is 3. The molecular formula is C30H26ClN3O4S. The van der Waals surface area contributed by atoms with E-state index in [0.717, 1.165) is 17.0 Å². The number of halogens is 1. The quantitative estimate of drug-likeness (QED) is 0.215. The summed E-state index contributed by atoms with van der Waals surface area (Å²) in [5, 5.41) is 11.6. The van der Waals surface area contributed by atoms with Crippen molar-refractivity contribution in [2.45, 2.75) is 13.3 Å². The number of rotatable bonds is 10. The van der Waals surface area contributed by atoms with Crippen LogP contribution >= 0.6 is 23.4 Å². The summed E-state index contributed by atoms with van der Waals surface area (Å²) in [6.07, 6.45) is 2.27. The van der Waals surface area contributed by atoms with Gasteiger partial charge in [-0.3, -0.25) is 15.1 Å². The zero-order valence-electron chi connectivity index (χ0n) is 21.2. The van der Waals surface area contributed by atoms with Gasteiger partial charge >= 0.3 is 0 Å². The molecule has 0 radical (unpaired) electrons. The summed E-state index contributed by atoms with van der Waals surface area (Å²) in [5.74, 6) is 1.27. The number of carbonyl (C=O) groups is 1. The van der Waals surface area contributed by atoms with E-state index in [1.54, 1.807) is 23.1 Å². The third-order valence-electron chi connectivity index (χ3n) is 5.87. The first-order valence-electron chi connectivity index (χ1n) is 12.5. The molecule has 3 aromatic carbocycles. The van der Waals surface area contributed by atoms with E-state index in [9.17, 15) is 4.79 Å². The lowest BCUT2D eigenvalue weighted by molar-refractivity contribution is -0.114. The lowest BCUT2D eigenvalue weighted by atomic mass is 10.1. The van der Waals surface area contributed by atoms with Crippen LogP contribution in [0.3, 0.4) is 0 Å². The molecule has 39 heavy (non-hydrogen) atoms. The van der Waals surface area contributed by atoms with E-state index in [1.165, 1.54) is 11.8 Å². The molecule has 0 saturated carbocycles. The number of nitrogens with one attached hydrogen (secondary N) is 1. The Morgan fingerprint density at radius 1 is 1.00 bits per heavy atom. The largest absolute Gasteiger partial charge is 0.493 e. The first-order chi connectivity index (χ1) is 19.0. The summed E-state index contributed by atoms with van der Waals surface area (Å²) < 4.78 is 17.5. The van der Waals surface area contributed by atoms with Crippen molar-refractivity contribution < 1.29 is 19.0 Å². The standard InChI is InChI=1S/C30H26ClN3O4S/c1-2-36-26-18-20(17-24(31)27(26)38-15-9-14-37-22-12-7-4-8-13-22)16-23-28(32)34-25(21-10-5-3-6-11-21)19-39-30(34)33-29(23)35/h3-8,10-13,16-19,32H,2,9,14-15H2,1H3. The summed E-state index contributed by atoms with van der Waals surface area (Å²) >= 11 is 7.93. The van der Waals surface area contributed by atoms with Crippen molar-refractivity contribution in [2.24, 2.45) is 4.99 Å². The molecule has 2 heterocycles. The number of carbonyl (C=O) groups excluding carboxylic acids is 1. The molecule has 5 rings (SSSR count). The van der Waals surface area contributed by atoms with Crippen LogP contribution in [0.1, 0.15) is 24.5 Å². The Morgan fingerprint density at radius 2 is 1.72 bits per heavy atom. The number of hydrogen-bond donors (Lipinski definition) is 1. The molecule has 0 unspecified atom stereocenters. The maximum absolute atomic E-state index is 12.9. The first kappa shape index (κ1) is 26.6. The summed E-state index contributed by atoms with van der Waals surface area (Å²) in [7, 11) is 0. The molecule has 0 atom stereocenters. The highest BCUT2D eigenvalue weighted by Crippen LogP contribution is 2.40. The van der Waals surface area contributed by atoms with Crippen molar-refractivity contribution in [3.63, 3.8) is 0 Å². The van der Waals surface area contributed by atoms with Crippen LogP contribution in [-0.2, 0) is 4.79 Å². The lowest BCUT2D eigenvalue weighted by Crippen LogP contribution is -2.38. The normalized spacial score (nSPS) is 15.6. The number of thioether (sulfide) groups is 1. The minimum atomic E-state index is -0.478. The van der Waals surface area contributed by atoms with Crippen LogP contribution in [-0.4, -0.2) is 41.6 Å². The summed E-state index contributed by atoms with van der Waals surface area (Å²) in [6.45, 7) is 3.16. The molecule has 1 N–H and O–H groups in total. The Kier molecular flexibility index (Phi) is 8.34. The summed E-state index contributed by atoms with van der Waals surface area (Å²) in [6, 6.07) is 22.8. The van der Waals surface area contributed by atoms with Crippen molar-refractivity contribution in [1.29, 1.82) is 5.41 Å². The van der Waals surface area contributed by atoms with Gasteiger partial charge < -0.3 is 14.2 Å². The van der Waals surface area contributed by atoms with E-state index in [-0.39, 0.29) is 11.4 Å². The molecule has 198 valence electrons. The van der Waals surface area contributed by atoms with E-state index in [1.807, 2.05) is 73.0 Å². The van der Waals surface area contributed by atoms with Gasteiger partial charge in [-0.25, -0.2) is 0 Å². The van der Waals surface area contributed by atoms with Gasteiger partial charge in [0.25, 0.3) is 5.91 Å². The topological polar surface area (TPSA) is 84.2 Å². The van der Waals surface area contributed by atoms with Gasteiger partial charge in [-0.15, -0.1) is 0 Å². The molecule has 9 heteroatoms. The predicted molar refractivity (Wildman–Crippen MR) is 157 cm³/mol. The number of hydrogen-bond acceptors (Lipinski definition) is 6. The number of benzene rings is 3. The minimum absolute atomic E-state index is 0.0536. The van der Waals surface area contributed by atoms with Gasteiger partial charge in [0.2, 0.25) is 0 Å². The summed E-state index contributed by atoms with van der Waals surface area (Å²) in [5.41, 5.74) is 2.50. The molecule has 0 aliphatic carbocycles. The number of fused-ring (bicyclic) bond motifs is 1. The smallest absolute Gasteiger partial charge is 0.283 e. The van der Waals surface area contributed by atoms with E-state index in [2.05, 4.69) is 4.99 Å². The Labute approximate surface area is 236 Å². The Bertz CT molecular complexity index is 1470. The van der Waals surface area contributed by atoms with Gasteiger partial charge in [0.1, 0.15) is 11.6 Å². The number of aliphatic imine (C=N–C) groups is 1. The van der Waals surface area contributed by atoms with Crippen molar-refractivity contribution in [3.8, 4) is 17.2 Å². The summed E-state index contributed by atoms with van der Waals surface area (Å²) in [4.78, 5) is 18.8. The second-order valence-corrected chi connectivity index (χ2v) is 9.80. The van der Waals surface area contributed by atoms with Gasteiger partial charge in [0, 0.05) is 11.8 Å². The molecular weight excluding hydrogens is 534 g/mol. The molecule has 0 spiro atoms. The molecule has 2 aliphatic rings. The Hall–Kier alpha value is -4.01. The van der Waals surface area contributed by atoms with E-state index in [0.29, 0.717) is 53.5 Å². The number of para-hydroxylation sites is 1. The van der Waals surface area contributed by atoms with Gasteiger partial charge in [-0.1, -0.05) is 71.9 Å². The number of amides is 1. The van der Waals surface area contributed by atoms with E-state index in [4.69, 9.17) is 31.2 Å². The van der Waals surface area contributed by atoms with Crippen LogP contribution in [0.2, 0.25) is 5.02 Å². The van der Waals surface area contributed by atoms with Gasteiger partial charge in [0.05, 0.1) is 36.1 Å². The van der Waals surface area contributed by atoms with Crippen molar-refractivity contribution in [2.75, 3.05) is 19.8 Å². The van der Waals surface area contributed by atoms with Crippen LogP contribution in [0.15, 0.2) is 88.8 Å². The van der Waals surface area contributed by atoms with Crippen LogP contribution in [0.4, 0.5) is 0 Å². The highest BCUT2D eigenvalue weighted by Gasteiger charge is 2.36. The maximum atomic E-state index is 12.9. The van der Waals surface area contributed by atoms with E-state index >= 15 is 0 Å². The van der Waals surface area contributed by atoms with Gasteiger partial charge in [0.15, 0.2) is 16.7 Å². The predicted octanol–water partition coefficient (Wildman–Crippen LogP) is 6.89. The maximum Gasteiger partial charge on any atom is 0.283 e. The lowest BCUT2D eigenvalue weighted by Gasteiger charge is -2.27. The average molecular weight is 560 g/mol. The molecule has 0 bridgehead atoms. The van der Waals surface area contributed by atoms with Crippen LogP contribution < -0.4 is 14.2 Å². The van der Waals surface area contributed by atoms with Crippen molar-refractivity contribution >= 4 is 52.0 Å². The van der Waals surface area contributed by atoms with Crippen molar-refractivity contribution in [1.82, 2.24) is 4.90 Å².